The standard InChI is InChI=1S/C15H20N2O3S/c18-14-7-9-17(10-8-14)13-3-5-15(6-4-13)21(19,20)16-11-12-1-2-12/h3-6,12,16H,1-2,7-11H2. The van der Waals surface area contributed by atoms with Gasteiger partial charge in [-0.3, -0.25) is 4.79 Å². The molecule has 0 amide bonds. The number of Topliss-reactive ketones (excluding diaryl/α,β-unsaturated/α-hetero) is 1. The molecule has 1 aliphatic carbocycles. The van der Waals surface area contributed by atoms with Gasteiger partial charge in [0.25, 0.3) is 0 Å². The molecule has 1 aromatic rings. The number of carbonyl (C=O) groups is 1. The molecule has 2 fully saturated rings. The Hall–Kier alpha value is -1.40. The summed E-state index contributed by atoms with van der Waals surface area (Å²) in [6.45, 7) is 1.97. The number of rotatable bonds is 5. The molecule has 1 N–H and O–H groups in total. The molecular formula is C15H20N2O3S. The highest BCUT2D eigenvalue weighted by Crippen LogP contribution is 2.28. The molecule has 2 aliphatic rings. The molecule has 3 rings (SSSR count). The molecule has 1 heterocycles. The van der Waals surface area contributed by atoms with E-state index in [-0.39, 0.29) is 0 Å². The Morgan fingerprint density at radius 1 is 1.10 bits per heavy atom. The van der Waals surface area contributed by atoms with Crippen molar-refractivity contribution in [2.24, 2.45) is 5.92 Å². The predicted molar refractivity (Wildman–Crippen MR) is 80.8 cm³/mol. The van der Waals surface area contributed by atoms with E-state index in [2.05, 4.69) is 9.62 Å². The van der Waals surface area contributed by atoms with Crippen LogP contribution in [0.5, 0.6) is 0 Å². The Morgan fingerprint density at radius 2 is 1.71 bits per heavy atom. The first-order valence-corrected chi connectivity index (χ1v) is 8.89. The summed E-state index contributed by atoms with van der Waals surface area (Å²) < 4.78 is 26.9. The minimum Gasteiger partial charge on any atom is -0.371 e. The van der Waals surface area contributed by atoms with Gasteiger partial charge in [-0.15, -0.1) is 0 Å². The van der Waals surface area contributed by atoms with Gasteiger partial charge in [-0.1, -0.05) is 0 Å². The molecule has 0 radical (unpaired) electrons. The maximum absolute atomic E-state index is 12.1. The molecule has 114 valence electrons. The summed E-state index contributed by atoms with van der Waals surface area (Å²) in [5, 5.41) is 0. The van der Waals surface area contributed by atoms with E-state index < -0.39 is 10.0 Å². The van der Waals surface area contributed by atoms with Gasteiger partial charge in [-0.05, 0) is 43.0 Å². The third-order valence-corrected chi connectivity index (χ3v) is 5.53. The average Bonchev–Trinajstić information content (AvgIpc) is 3.31. The van der Waals surface area contributed by atoms with Crippen LogP contribution in [0.1, 0.15) is 25.7 Å². The highest BCUT2D eigenvalue weighted by Gasteiger charge is 2.24. The van der Waals surface area contributed by atoms with Crippen LogP contribution >= 0.6 is 0 Å². The van der Waals surface area contributed by atoms with Crippen LogP contribution in [0.3, 0.4) is 0 Å². The van der Waals surface area contributed by atoms with Crippen molar-refractivity contribution in [1.82, 2.24) is 4.72 Å². The summed E-state index contributed by atoms with van der Waals surface area (Å²) >= 11 is 0. The van der Waals surface area contributed by atoms with E-state index in [4.69, 9.17) is 0 Å². The Labute approximate surface area is 125 Å². The summed E-state index contributed by atoms with van der Waals surface area (Å²) in [4.78, 5) is 13.7. The normalized spacial score (nSPS) is 19.8. The number of carbonyl (C=O) groups excluding carboxylic acids is 1. The Bertz CT molecular complexity index is 611. The van der Waals surface area contributed by atoms with E-state index in [0.29, 0.717) is 49.1 Å². The van der Waals surface area contributed by atoms with Crippen molar-refractivity contribution in [3.05, 3.63) is 24.3 Å². The fourth-order valence-corrected chi connectivity index (χ4v) is 3.60. The van der Waals surface area contributed by atoms with E-state index in [9.17, 15) is 13.2 Å². The lowest BCUT2D eigenvalue weighted by Gasteiger charge is -2.28. The average molecular weight is 308 g/mol. The zero-order valence-electron chi connectivity index (χ0n) is 11.9. The number of ketones is 1. The smallest absolute Gasteiger partial charge is 0.240 e. The lowest BCUT2D eigenvalue weighted by molar-refractivity contribution is -0.119. The largest absolute Gasteiger partial charge is 0.371 e. The fourth-order valence-electron chi connectivity index (χ4n) is 2.48. The van der Waals surface area contributed by atoms with Crippen LogP contribution in [0, 0.1) is 5.92 Å². The Balaban J connectivity index is 1.66. The molecule has 1 saturated heterocycles. The maximum atomic E-state index is 12.1. The number of piperidine rings is 1. The molecule has 0 spiro atoms. The fraction of sp³-hybridized carbons (Fsp3) is 0.533. The monoisotopic (exact) mass is 308 g/mol. The molecule has 1 aliphatic heterocycles. The van der Waals surface area contributed by atoms with Crippen LogP contribution < -0.4 is 9.62 Å². The van der Waals surface area contributed by atoms with Gasteiger partial charge in [0.15, 0.2) is 0 Å². The number of hydrogen-bond acceptors (Lipinski definition) is 4. The van der Waals surface area contributed by atoms with Crippen LogP contribution in [-0.4, -0.2) is 33.8 Å². The third kappa shape index (κ3) is 3.63. The maximum Gasteiger partial charge on any atom is 0.240 e. The van der Waals surface area contributed by atoms with Gasteiger partial charge in [0.05, 0.1) is 4.90 Å². The summed E-state index contributed by atoms with van der Waals surface area (Å²) in [7, 11) is -3.39. The first-order valence-electron chi connectivity index (χ1n) is 7.41. The van der Waals surface area contributed by atoms with Gasteiger partial charge in [-0.25, -0.2) is 13.1 Å². The van der Waals surface area contributed by atoms with Crippen molar-refractivity contribution >= 4 is 21.5 Å². The third-order valence-electron chi connectivity index (χ3n) is 4.09. The number of nitrogens with zero attached hydrogens (tertiary/aromatic N) is 1. The molecule has 1 aromatic carbocycles. The zero-order chi connectivity index (χ0) is 14.9. The van der Waals surface area contributed by atoms with Gasteiger partial charge >= 0.3 is 0 Å². The topological polar surface area (TPSA) is 66.5 Å². The molecular weight excluding hydrogens is 288 g/mol. The van der Waals surface area contributed by atoms with E-state index >= 15 is 0 Å². The number of nitrogens with one attached hydrogen (secondary N) is 1. The molecule has 0 atom stereocenters. The van der Waals surface area contributed by atoms with Crippen molar-refractivity contribution in [3.8, 4) is 0 Å². The number of anilines is 1. The Kier molecular flexibility index (Phi) is 3.99. The first-order chi connectivity index (χ1) is 10.0. The van der Waals surface area contributed by atoms with Gasteiger partial charge in [0.2, 0.25) is 10.0 Å². The molecule has 0 bridgehead atoms. The van der Waals surface area contributed by atoms with Crippen molar-refractivity contribution in [1.29, 1.82) is 0 Å². The summed E-state index contributed by atoms with van der Waals surface area (Å²) in [6.07, 6.45) is 3.39. The van der Waals surface area contributed by atoms with E-state index in [1.54, 1.807) is 12.1 Å². The molecule has 5 nitrogen and oxygen atoms in total. The molecule has 6 heteroatoms. The van der Waals surface area contributed by atoms with Gasteiger partial charge in [0, 0.05) is 38.2 Å². The number of benzene rings is 1. The van der Waals surface area contributed by atoms with Crippen molar-refractivity contribution in [2.75, 3.05) is 24.5 Å². The second kappa shape index (κ2) is 5.77. The van der Waals surface area contributed by atoms with Crippen LogP contribution in [0.15, 0.2) is 29.2 Å². The van der Waals surface area contributed by atoms with Crippen LogP contribution in [0.2, 0.25) is 0 Å². The highest BCUT2D eigenvalue weighted by molar-refractivity contribution is 7.89. The quantitative estimate of drug-likeness (QED) is 0.896. The SMILES string of the molecule is O=C1CCN(c2ccc(S(=O)(=O)NCC3CC3)cc2)CC1. The van der Waals surface area contributed by atoms with Crippen molar-refractivity contribution in [2.45, 2.75) is 30.6 Å². The molecule has 21 heavy (non-hydrogen) atoms. The second-order valence-electron chi connectivity index (χ2n) is 5.81. The van der Waals surface area contributed by atoms with Crippen LogP contribution in [0.4, 0.5) is 5.69 Å². The summed E-state index contributed by atoms with van der Waals surface area (Å²) in [6, 6.07) is 6.92. The molecule has 0 unspecified atom stereocenters. The number of hydrogen-bond donors (Lipinski definition) is 1. The van der Waals surface area contributed by atoms with Crippen molar-refractivity contribution < 1.29 is 13.2 Å². The second-order valence-corrected chi connectivity index (χ2v) is 7.58. The predicted octanol–water partition coefficient (Wildman–Crippen LogP) is 1.54. The minimum absolute atomic E-state index is 0.301. The first kappa shape index (κ1) is 14.5. The zero-order valence-corrected chi connectivity index (χ0v) is 12.7. The van der Waals surface area contributed by atoms with Crippen molar-refractivity contribution in [3.63, 3.8) is 0 Å². The van der Waals surface area contributed by atoms with Crippen LogP contribution in [0.25, 0.3) is 0 Å². The summed E-state index contributed by atoms with van der Waals surface area (Å²) in [5.41, 5.74) is 0.976. The lowest BCUT2D eigenvalue weighted by atomic mass is 10.1. The van der Waals surface area contributed by atoms with E-state index in [0.717, 1.165) is 18.5 Å². The number of sulfonamides is 1. The Morgan fingerprint density at radius 3 is 2.29 bits per heavy atom. The van der Waals surface area contributed by atoms with Crippen LogP contribution in [-0.2, 0) is 14.8 Å². The molecule has 1 saturated carbocycles. The minimum atomic E-state index is -3.39. The van der Waals surface area contributed by atoms with Gasteiger partial charge in [0.1, 0.15) is 5.78 Å². The highest BCUT2D eigenvalue weighted by atomic mass is 32.2. The van der Waals surface area contributed by atoms with Gasteiger partial charge < -0.3 is 4.90 Å². The van der Waals surface area contributed by atoms with Gasteiger partial charge in [-0.2, -0.15) is 0 Å². The van der Waals surface area contributed by atoms with E-state index in [1.807, 2.05) is 12.1 Å². The summed E-state index contributed by atoms with van der Waals surface area (Å²) in [5.74, 6) is 0.819. The van der Waals surface area contributed by atoms with E-state index in [1.165, 1.54) is 0 Å². The molecule has 0 aromatic heterocycles. The lowest BCUT2D eigenvalue weighted by Crippen LogP contribution is -2.33.